The number of aromatic nitrogens is 2. The van der Waals surface area contributed by atoms with E-state index in [1.165, 1.54) is 12.1 Å². The van der Waals surface area contributed by atoms with Gasteiger partial charge in [0.1, 0.15) is 11.6 Å². The highest BCUT2D eigenvalue weighted by Crippen LogP contribution is 2.32. The summed E-state index contributed by atoms with van der Waals surface area (Å²) in [5.41, 5.74) is 7.81. The van der Waals surface area contributed by atoms with E-state index in [0.29, 0.717) is 0 Å². The van der Waals surface area contributed by atoms with Crippen molar-refractivity contribution in [3.05, 3.63) is 29.8 Å². The summed E-state index contributed by atoms with van der Waals surface area (Å²) in [5.74, 6) is 0.582. The van der Waals surface area contributed by atoms with Gasteiger partial charge < -0.3 is 10.3 Å². The molecule has 0 aliphatic rings. The summed E-state index contributed by atoms with van der Waals surface area (Å²) in [6, 6.07) is 4.48. The van der Waals surface area contributed by atoms with Crippen molar-refractivity contribution in [2.24, 2.45) is 11.1 Å². The van der Waals surface area contributed by atoms with Gasteiger partial charge in [-0.25, -0.2) is 9.37 Å². The quantitative estimate of drug-likeness (QED) is 0.888. The van der Waals surface area contributed by atoms with E-state index in [4.69, 9.17) is 5.73 Å². The molecule has 1 atom stereocenters. The molecule has 0 amide bonds. The lowest BCUT2D eigenvalue weighted by molar-refractivity contribution is 0.309. The van der Waals surface area contributed by atoms with Crippen LogP contribution in [0.1, 0.15) is 39.6 Å². The van der Waals surface area contributed by atoms with Gasteiger partial charge in [0.05, 0.1) is 17.1 Å². The van der Waals surface area contributed by atoms with Gasteiger partial charge in [0, 0.05) is 6.54 Å². The number of halogens is 1. The predicted octanol–water partition coefficient (Wildman–Crippen LogP) is 3.24. The number of aryl methyl sites for hydroxylation is 1. The van der Waals surface area contributed by atoms with E-state index in [9.17, 15) is 4.39 Å². The first-order chi connectivity index (χ1) is 8.34. The van der Waals surface area contributed by atoms with Gasteiger partial charge in [0.25, 0.3) is 0 Å². The average molecular weight is 249 g/mol. The minimum Gasteiger partial charge on any atom is -0.327 e. The predicted molar refractivity (Wildman–Crippen MR) is 71.7 cm³/mol. The van der Waals surface area contributed by atoms with Gasteiger partial charge in [0.2, 0.25) is 0 Å². The summed E-state index contributed by atoms with van der Waals surface area (Å²) in [5, 5.41) is 0. The van der Waals surface area contributed by atoms with Crippen LogP contribution in [0.25, 0.3) is 11.0 Å². The van der Waals surface area contributed by atoms with E-state index >= 15 is 0 Å². The normalized spacial score (nSPS) is 14.1. The molecule has 0 fully saturated rings. The highest BCUT2D eigenvalue weighted by Gasteiger charge is 2.27. The van der Waals surface area contributed by atoms with Crippen molar-refractivity contribution in [2.75, 3.05) is 0 Å². The number of imidazole rings is 1. The molecule has 0 aliphatic carbocycles. The molecule has 0 spiro atoms. The van der Waals surface area contributed by atoms with Gasteiger partial charge in [-0.1, -0.05) is 20.8 Å². The molecule has 0 saturated carbocycles. The van der Waals surface area contributed by atoms with Gasteiger partial charge in [-0.3, -0.25) is 0 Å². The first-order valence-corrected chi connectivity index (χ1v) is 6.26. The number of nitrogens with two attached hydrogens (primary N) is 1. The lowest BCUT2D eigenvalue weighted by atomic mass is 9.87. The molecule has 1 heterocycles. The van der Waals surface area contributed by atoms with Crippen molar-refractivity contribution in [3.8, 4) is 0 Å². The molecule has 2 aromatic rings. The fraction of sp³-hybridized carbons (Fsp3) is 0.500. The van der Waals surface area contributed by atoms with Crippen LogP contribution in [0, 0.1) is 11.2 Å². The average Bonchev–Trinajstić information content (AvgIpc) is 2.64. The van der Waals surface area contributed by atoms with Gasteiger partial charge in [-0.15, -0.1) is 0 Å². The third kappa shape index (κ3) is 2.12. The molecule has 2 N–H and O–H groups in total. The first-order valence-electron chi connectivity index (χ1n) is 6.26. The lowest BCUT2D eigenvalue weighted by Crippen LogP contribution is -2.29. The lowest BCUT2D eigenvalue weighted by Gasteiger charge is -2.26. The molecule has 1 aromatic heterocycles. The summed E-state index contributed by atoms with van der Waals surface area (Å²) in [4.78, 5) is 4.56. The largest absolute Gasteiger partial charge is 0.327 e. The number of rotatable bonds is 2. The number of hydrogen-bond acceptors (Lipinski definition) is 2. The van der Waals surface area contributed by atoms with E-state index in [0.717, 1.165) is 23.4 Å². The summed E-state index contributed by atoms with van der Waals surface area (Å²) >= 11 is 0. The highest BCUT2D eigenvalue weighted by atomic mass is 19.1. The first kappa shape index (κ1) is 13.0. The van der Waals surface area contributed by atoms with Gasteiger partial charge in [-0.05, 0) is 30.5 Å². The monoisotopic (exact) mass is 249 g/mol. The molecule has 2 rings (SSSR count). The van der Waals surface area contributed by atoms with Gasteiger partial charge >= 0.3 is 0 Å². The minimum atomic E-state index is -0.243. The van der Waals surface area contributed by atoms with Crippen LogP contribution in [0.5, 0.6) is 0 Å². The fourth-order valence-electron chi connectivity index (χ4n) is 2.07. The molecule has 0 saturated heterocycles. The summed E-state index contributed by atoms with van der Waals surface area (Å²) in [6.45, 7) is 9.00. The van der Waals surface area contributed by atoms with Crippen LogP contribution in [0.15, 0.2) is 18.2 Å². The van der Waals surface area contributed by atoms with Crippen molar-refractivity contribution < 1.29 is 4.39 Å². The maximum absolute atomic E-state index is 13.3. The van der Waals surface area contributed by atoms with Crippen LogP contribution < -0.4 is 5.73 Å². The summed E-state index contributed by atoms with van der Waals surface area (Å²) in [6.07, 6.45) is 0. The zero-order valence-corrected chi connectivity index (χ0v) is 11.4. The molecule has 18 heavy (non-hydrogen) atoms. The Kier molecular flexibility index (Phi) is 3.15. The Morgan fingerprint density at radius 1 is 1.39 bits per heavy atom. The van der Waals surface area contributed by atoms with Crippen molar-refractivity contribution in [1.82, 2.24) is 9.55 Å². The number of nitrogens with zero attached hydrogens (tertiary/aromatic N) is 2. The zero-order chi connectivity index (χ0) is 13.5. The van der Waals surface area contributed by atoms with Gasteiger partial charge in [0.15, 0.2) is 0 Å². The van der Waals surface area contributed by atoms with E-state index in [-0.39, 0.29) is 17.3 Å². The molecule has 0 bridgehead atoms. The Bertz CT molecular complexity index is 566. The van der Waals surface area contributed by atoms with Crippen LogP contribution in [-0.4, -0.2) is 9.55 Å². The molecular formula is C14H20FN3. The Morgan fingerprint density at radius 3 is 2.61 bits per heavy atom. The molecule has 1 unspecified atom stereocenters. The smallest absolute Gasteiger partial charge is 0.127 e. The third-order valence-electron chi connectivity index (χ3n) is 3.27. The van der Waals surface area contributed by atoms with Crippen LogP contribution in [0.2, 0.25) is 0 Å². The van der Waals surface area contributed by atoms with E-state index in [1.807, 2.05) is 11.5 Å². The van der Waals surface area contributed by atoms with Crippen LogP contribution in [0.3, 0.4) is 0 Å². The maximum Gasteiger partial charge on any atom is 0.127 e. The van der Waals surface area contributed by atoms with Crippen molar-refractivity contribution in [3.63, 3.8) is 0 Å². The van der Waals surface area contributed by atoms with E-state index in [1.54, 1.807) is 6.07 Å². The molecule has 1 aromatic carbocycles. The molecule has 4 heteroatoms. The molecular weight excluding hydrogens is 229 g/mol. The second-order valence-electron chi connectivity index (χ2n) is 5.69. The van der Waals surface area contributed by atoms with Crippen LogP contribution >= 0.6 is 0 Å². The Morgan fingerprint density at radius 2 is 2.06 bits per heavy atom. The molecule has 98 valence electrons. The fourth-order valence-corrected chi connectivity index (χ4v) is 2.07. The molecule has 3 nitrogen and oxygen atoms in total. The van der Waals surface area contributed by atoms with Crippen molar-refractivity contribution >= 4 is 11.0 Å². The Balaban J connectivity index is 2.65. The Hall–Kier alpha value is -1.42. The van der Waals surface area contributed by atoms with Crippen LogP contribution in [-0.2, 0) is 6.54 Å². The third-order valence-corrected chi connectivity index (χ3v) is 3.27. The van der Waals surface area contributed by atoms with Gasteiger partial charge in [-0.2, -0.15) is 0 Å². The Labute approximate surface area is 107 Å². The van der Waals surface area contributed by atoms with E-state index in [2.05, 4.69) is 25.8 Å². The number of hydrogen-bond donors (Lipinski definition) is 1. The SMILES string of the molecule is CCn1c(C(N)C(C)(C)C)nc2ccc(F)cc21. The summed E-state index contributed by atoms with van der Waals surface area (Å²) in [7, 11) is 0. The standard InChI is InChI=1S/C14H20FN3/c1-5-18-11-8-9(15)6-7-10(11)17-13(18)12(16)14(2,3)4/h6-8,12H,5,16H2,1-4H3. The van der Waals surface area contributed by atoms with Crippen molar-refractivity contribution in [1.29, 1.82) is 0 Å². The zero-order valence-electron chi connectivity index (χ0n) is 11.4. The van der Waals surface area contributed by atoms with Crippen LogP contribution in [0.4, 0.5) is 4.39 Å². The maximum atomic E-state index is 13.3. The summed E-state index contributed by atoms with van der Waals surface area (Å²) < 4.78 is 15.3. The second-order valence-corrected chi connectivity index (χ2v) is 5.69. The minimum absolute atomic E-state index is 0.0765. The topological polar surface area (TPSA) is 43.8 Å². The molecule has 0 radical (unpaired) electrons. The van der Waals surface area contributed by atoms with Crippen molar-refractivity contribution in [2.45, 2.75) is 40.3 Å². The second kappa shape index (κ2) is 4.35. The molecule has 0 aliphatic heterocycles. The highest BCUT2D eigenvalue weighted by molar-refractivity contribution is 5.76. The number of fused-ring (bicyclic) bond motifs is 1. The number of benzene rings is 1. The van der Waals surface area contributed by atoms with E-state index < -0.39 is 0 Å².